The van der Waals surface area contributed by atoms with Crippen molar-refractivity contribution in [2.75, 3.05) is 5.32 Å². The van der Waals surface area contributed by atoms with Gasteiger partial charge in [-0.2, -0.15) is 5.26 Å². The van der Waals surface area contributed by atoms with Crippen LogP contribution in [0.25, 0.3) is 0 Å². The van der Waals surface area contributed by atoms with Gasteiger partial charge in [0.2, 0.25) is 0 Å². The molecule has 4 heteroatoms. The Balaban J connectivity index is 2.25. The summed E-state index contributed by atoms with van der Waals surface area (Å²) in [5, 5.41) is 12.1. The fourth-order valence-corrected chi connectivity index (χ4v) is 1.70. The van der Waals surface area contributed by atoms with Crippen LogP contribution >= 0.6 is 11.6 Å². The quantitative estimate of drug-likeness (QED) is 0.895. The number of carbonyl (C=O) groups is 1. The van der Waals surface area contributed by atoms with E-state index in [-0.39, 0.29) is 5.91 Å². The van der Waals surface area contributed by atoms with Crippen molar-refractivity contribution in [2.24, 2.45) is 0 Å². The minimum atomic E-state index is -0.291. The molecule has 0 unspecified atom stereocenters. The zero-order valence-electron chi connectivity index (χ0n) is 9.35. The summed E-state index contributed by atoms with van der Waals surface area (Å²) in [6.45, 7) is 0. The number of nitrogens with one attached hydrogen (secondary N) is 1. The second-order valence-corrected chi connectivity index (χ2v) is 4.06. The van der Waals surface area contributed by atoms with E-state index in [4.69, 9.17) is 16.9 Å². The maximum atomic E-state index is 12.0. The fraction of sp³-hybridized carbons (Fsp3) is 0. The maximum absolute atomic E-state index is 12.0. The molecule has 2 aromatic rings. The predicted molar refractivity (Wildman–Crippen MR) is 70.6 cm³/mol. The van der Waals surface area contributed by atoms with Crippen LogP contribution in [-0.2, 0) is 0 Å². The third-order valence-corrected chi connectivity index (χ3v) is 2.62. The summed E-state index contributed by atoms with van der Waals surface area (Å²) in [6, 6.07) is 15.5. The van der Waals surface area contributed by atoms with Gasteiger partial charge in [-0.15, -0.1) is 0 Å². The predicted octanol–water partition coefficient (Wildman–Crippen LogP) is 3.46. The van der Waals surface area contributed by atoms with Crippen LogP contribution in [0.5, 0.6) is 0 Å². The second-order valence-electron chi connectivity index (χ2n) is 3.62. The summed E-state index contributed by atoms with van der Waals surface area (Å²) in [6.07, 6.45) is 0. The van der Waals surface area contributed by atoms with Gasteiger partial charge < -0.3 is 5.32 Å². The van der Waals surface area contributed by atoms with E-state index >= 15 is 0 Å². The first-order valence-corrected chi connectivity index (χ1v) is 5.64. The molecule has 3 nitrogen and oxygen atoms in total. The summed E-state index contributed by atoms with van der Waals surface area (Å²) in [5.74, 6) is -0.291. The number of para-hydroxylation sites is 1. The summed E-state index contributed by atoms with van der Waals surface area (Å²) in [4.78, 5) is 12.0. The number of carbonyl (C=O) groups excluding carboxylic acids is 1. The third-order valence-electron chi connectivity index (χ3n) is 2.38. The summed E-state index contributed by atoms with van der Waals surface area (Å²) in [7, 11) is 0. The lowest BCUT2D eigenvalue weighted by molar-refractivity contribution is 0.102. The largest absolute Gasteiger partial charge is 0.321 e. The molecule has 0 radical (unpaired) electrons. The standard InChI is InChI=1S/C14H9ClN2O/c15-12-6-3-5-10(8-12)14(18)17-13-7-2-1-4-11(13)9-16/h1-8H,(H,17,18). The number of halogens is 1. The molecular weight excluding hydrogens is 248 g/mol. The smallest absolute Gasteiger partial charge is 0.255 e. The van der Waals surface area contributed by atoms with E-state index in [9.17, 15) is 4.79 Å². The van der Waals surface area contributed by atoms with Crippen molar-refractivity contribution in [1.82, 2.24) is 0 Å². The van der Waals surface area contributed by atoms with Crippen molar-refractivity contribution in [3.05, 3.63) is 64.7 Å². The van der Waals surface area contributed by atoms with Crippen LogP contribution in [0, 0.1) is 11.3 Å². The highest BCUT2D eigenvalue weighted by Crippen LogP contribution is 2.16. The van der Waals surface area contributed by atoms with Crippen LogP contribution in [0.15, 0.2) is 48.5 Å². The first-order chi connectivity index (χ1) is 8.70. The molecule has 0 atom stereocenters. The topological polar surface area (TPSA) is 52.9 Å². The van der Waals surface area contributed by atoms with Gasteiger partial charge in [-0.3, -0.25) is 4.79 Å². The molecule has 18 heavy (non-hydrogen) atoms. The van der Waals surface area contributed by atoms with E-state index in [0.29, 0.717) is 21.8 Å². The Morgan fingerprint density at radius 2 is 1.94 bits per heavy atom. The number of hydrogen-bond donors (Lipinski definition) is 1. The van der Waals surface area contributed by atoms with E-state index < -0.39 is 0 Å². The molecule has 0 bridgehead atoms. The number of rotatable bonds is 2. The van der Waals surface area contributed by atoms with Gasteiger partial charge >= 0.3 is 0 Å². The first-order valence-electron chi connectivity index (χ1n) is 5.27. The number of nitrogens with zero attached hydrogens (tertiary/aromatic N) is 1. The van der Waals surface area contributed by atoms with Crippen LogP contribution < -0.4 is 5.32 Å². The second kappa shape index (κ2) is 5.35. The normalized spacial score (nSPS) is 9.56. The average Bonchev–Trinajstić information content (AvgIpc) is 2.39. The van der Waals surface area contributed by atoms with Gasteiger partial charge in [-0.1, -0.05) is 29.8 Å². The molecule has 0 aliphatic rings. The van der Waals surface area contributed by atoms with Gasteiger partial charge in [0, 0.05) is 10.6 Å². The van der Waals surface area contributed by atoms with Gasteiger partial charge in [0.05, 0.1) is 11.3 Å². The monoisotopic (exact) mass is 256 g/mol. The van der Waals surface area contributed by atoms with Crippen LogP contribution in [-0.4, -0.2) is 5.91 Å². The minimum absolute atomic E-state index is 0.291. The molecule has 0 aliphatic heterocycles. The van der Waals surface area contributed by atoms with Gasteiger partial charge in [-0.05, 0) is 30.3 Å². The number of benzene rings is 2. The van der Waals surface area contributed by atoms with Crippen molar-refractivity contribution in [1.29, 1.82) is 5.26 Å². The van der Waals surface area contributed by atoms with Gasteiger partial charge in [0.1, 0.15) is 6.07 Å². The molecule has 88 valence electrons. The molecule has 0 spiro atoms. The molecule has 0 aliphatic carbocycles. The Labute approximate surface area is 110 Å². The van der Waals surface area contributed by atoms with E-state index in [1.54, 1.807) is 48.5 Å². The van der Waals surface area contributed by atoms with Crippen molar-refractivity contribution in [3.63, 3.8) is 0 Å². The Morgan fingerprint density at radius 3 is 2.67 bits per heavy atom. The summed E-state index contributed by atoms with van der Waals surface area (Å²) in [5.41, 5.74) is 1.37. The fourth-order valence-electron chi connectivity index (χ4n) is 1.51. The number of anilines is 1. The van der Waals surface area contributed by atoms with Gasteiger partial charge in [-0.25, -0.2) is 0 Å². The SMILES string of the molecule is N#Cc1ccccc1NC(=O)c1cccc(Cl)c1. The molecule has 0 aromatic heterocycles. The summed E-state index contributed by atoms with van der Waals surface area (Å²) < 4.78 is 0. The number of hydrogen-bond acceptors (Lipinski definition) is 2. The zero-order valence-corrected chi connectivity index (χ0v) is 10.1. The lowest BCUT2D eigenvalue weighted by Gasteiger charge is -2.06. The van der Waals surface area contributed by atoms with Crippen molar-refractivity contribution < 1.29 is 4.79 Å². The van der Waals surface area contributed by atoms with E-state index in [1.807, 2.05) is 6.07 Å². The average molecular weight is 257 g/mol. The van der Waals surface area contributed by atoms with Gasteiger partial charge in [0.15, 0.2) is 0 Å². The zero-order chi connectivity index (χ0) is 13.0. The molecule has 1 N–H and O–H groups in total. The molecule has 0 fully saturated rings. The number of amides is 1. The third kappa shape index (κ3) is 2.68. The van der Waals surface area contributed by atoms with E-state index in [2.05, 4.69) is 5.32 Å². The number of nitriles is 1. The minimum Gasteiger partial charge on any atom is -0.321 e. The molecule has 1 amide bonds. The molecular formula is C14H9ClN2O. The Bertz CT molecular complexity index is 632. The molecule has 2 aromatic carbocycles. The van der Waals surface area contributed by atoms with Crippen LogP contribution in [0.3, 0.4) is 0 Å². The molecule has 0 saturated heterocycles. The molecule has 0 saturated carbocycles. The van der Waals surface area contributed by atoms with Crippen LogP contribution in [0.2, 0.25) is 5.02 Å². The highest BCUT2D eigenvalue weighted by Gasteiger charge is 2.08. The van der Waals surface area contributed by atoms with Crippen molar-refractivity contribution in [2.45, 2.75) is 0 Å². The maximum Gasteiger partial charge on any atom is 0.255 e. The van der Waals surface area contributed by atoms with Gasteiger partial charge in [0.25, 0.3) is 5.91 Å². The first kappa shape index (κ1) is 12.2. The van der Waals surface area contributed by atoms with E-state index in [0.717, 1.165) is 0 Å². The highest BCUT2D eigenvalue weighted by molar-refractivity contribution is 6.31. The molecule has 0 heterocycles. The lowest BCUT2D eigenvalue weighted by Crippen LogP contribution is -2.12. The van der Waals surface area contributed by atoms with Crippen LogP contribution in [0.1, 0.15) is 15.9 Å². The molecule has 2 rings (SSSR count). The Morgan fingerprint density at radius 1 is 1.17 bits per heavy atom. The Kier molecular flexibility index (Phi) is 3.61. The van der Waals surface area contributed by atoms with E-state index in [1.165, 1.54) is 0 Å². The van der Waals surface area contributed by atoms with Crippen molar-refractivity contribution >= 4 is 23.2 Å². The summed E-state index contributed by atoms with van der Waals surface area (Å²) >= 11 is 5.82. The Hall–Kier alpha value is -2.31. The van der Waals surface area contributed by atoms with Crippen LogP contribution in [0.4, 0.5) is 5.69 Å². The van der Waals surface area contributed by atoms with Crippen molar-refractivity contribution in [3.8, 4) is 6.07 Å². The lowest BCUT2D eigenvalue weighted by atomic mass is 10.1. The highest BCUT2D eigenvalue weighted by atomic mass is 35.5.